The molecule has 4 heterocycles. The molecule has 0 bridgehead atoms. The van der Waals surface area contributed by atoms with Gasteiger partial charge in [-0.15, -0.1) is 0 Å². The number of fused-ring (bicyclic) bond motifs is 2. The monoisotopic (exact) mass is 593 g/mol. The number of carbonyl (C=O) groups is 1. The van der Waals surface area contributed by atoms with E-state index in [-0.39, 0.29) is 18.4 Å². The lowest BCUT2D eigenvalue weighted by atomic mass is 9.97. The Balaban J connectivity index is 1.32. The van der Waals surface area contributed by atoms with E-state index in [1.54, 1.807) is 17.8 Å². The maximum absolute atomic E-state index is 13.3. The first-order valence-electron chi connectivity index (χ1n) is 14.9. The largest absolute Gasteiger partial charge is 0.381 e. The molecule has 2 aromatic carbocycles. The van der Waals surface area contributed by atoms with Crippen molar-refractivity contribution in [1.29, 1.82) is 0 Å². The van der Waals surface area contributed by atoms with Crippen LogP contribution in [0.15, 0.2) is 73.3 Å². The Labute approximate surface area is 255 Å². The zero-order valence-electron chi connectivity index (χ0n) is 25.3. The molecule has 1 fully saturated rings. The Kier molecular flexibility index (Phi) is 8.34. The van der Waals surface area contributed by atoms with Gasteiger partial charge in [-0.3, -0.25) is 9.78 Å². The molecule has 0 saturated carbocycles. The number of nitrogens with zero attached hydrogens (tertiary/aromatic N) is 6. The minimum atomic E-state index is -0.929. The Hall–Kier alpha value is -4.70. The number of hydrogen-bond acceptors (Lipinski definition) is 8. The maximum atomic E-state index is 13.3. The third-order valence-electron chi connectivity index (χ3n) is 8.27. The number of nitrogens with one attached hydrogen (secondary N) is 1. The average Bonchev–Trinajstić information content (AvgIpc) is 3.48. The van der Waals surface area contributed by atoms with Gasteiger partial charge in [0.15, 0.2) is 17.3 Å². The molecule has 1 saturated heterocycles. The van der Waals surface area contributed by atoms with Crippen LogP contribution in [0, 0.1) is 0 Å². The van der Waals surface area contributed by atoms with Crippen LogP contribution in [-0.2, 0) is 22.5 Å². The zero-order chi connectivity index (χ0) is 30.8. The van der Waals surface area contributed by atoms with Crippen molar-refractivity contribution in [2.45, 2.75) is 51.7 Å². The van der Waals surface area contributed by atoms with Crippen LogP contribution in [0.25, 0.3) is 27.7 Å². The van der Waals surface area contributed by atoms with Gasteiger partial charge in [0.2, 0.25) is 11.9 Å². The highest BCUT2D eigenvalue weighted by atomic mass is 19.1. The van der Waals surface area contributed by atoms with E-state index in [0.717, 1.165) is 70.3 Å². The van der Waals surface area contributed by atoms with Crippen molar-refractivity contribution in [3.05, 3.63) is 90.0 Å². The first-order chi connectivity index (χ1) is 21.3. The Morgan fingerprint density at radius 2 is 1.93 bits per heavy atom. The van der Waals surface area contributed by atoms with Crippen LogP contribution in [0.1, 0.15) is 49.3 Å². The summed E-state index contributed by atoms with van der Waals surface area (Å²) in [4.78, 5) is 28.8. The molecule has 3 aromatic heterocycles. The van der Waals surface area contributed by atoms with E-state index in [0.29, 0.717) is 18.4 Å². The fourth-order valence-electron chi connectivity index (χ4n) is 5.75. The van der Waals surface area contributed by atoms with Gasteiger partial charge in [-0.1, -0.05) is 62.9 Å². The summed E-state index contributed by atoms with van der Waals surface area (Å²) in [6.45, 7) is 9.54. The molecule has 1 aliphatic heterocycles. The number of anilines is 2. The van der Waals surface area contributed by atoms with Gasteiger partial charge in [-0.05, 0) is 41.3 Å². The molecular weight excluding hydrogens is 557 g/mol. The minimum absolute atomic E-state index is 0.0326. The number of halogens is 1. The van der Waals surface area contributed by atoms with Crippen LogP contribution in [-0.4, -0.2) is 56.7 Å². The van der Waals surface area contributed by atoms with Gasteiger partial charge in [0.1, 0.15) is 0 Å². The molecule has 6 rings (SSSR count). The van der Waals surface area contributed by atoms with Gasteiger partial charge in [0.25, 0.3) is 0 Å². The van der Waals surface area contributed by atoms with E-state index in [2.05, 4.69) is 47.9 Å². The number of Topliss-reactive ketones (excluding diaryl/α,β-unsaturated/α-hetero) is 1. The smallest absolute Gasteiger partial charge is 0.230 e. The fraction of sp³-hybridized carbons (Fsp3) is 0.324. The summed E-state index contributed by atoms with van der Waals surface area (Å²) < 4.78 is 20.7. The van der Waals surface area contributed by atoms with Crippen LogP contribution >= 0.6 is 0 Å². The van der Waals surface area contributed by atoms with Crippen molar-refractivity contribution in [3.63, 3.8) is 0 Å². The number of ketones is 1. The molecule has 1 N–H and O–H groups in total. The van der Waals surface area contributed by atoms with Crippen molar-refractivity contribution < 1.29 is 13.9 Å². The Morgan fingerprint density at radius 3 is 2.68 bits per heavy atom. The number of benzene rings is 2. The minimum Gasteiger partial charge on any atom is -0.381 e. The molecule has 0 radical (unpaired) electrons. The Bertz CT molecular complexity index is 1840. The Morgan fingerprint density at radius 1 is 1.14 bits per heavy atom. The molecule has 0 spiro atoms. The lowest BCUT2D eigenvalue weighted by molar-refractivity contribution is -0.116. The summed E-state index contributed by atoms with van der Waals surface area (Å²) >= 11 is 0. The molecule has 0 amide bonds. The van der Waals surface area contributed by atoms with Gasteiger partial charge >= 0.3 is 0 Å². The number of hydrogen-bond donors (Lipinski definition) is 1. The number of pyridine rings is 1. The second-order valence-corrected chi connectivity index (χ2v) is 11.5. The third kappa shape index (κ3) is 5.90. The summed E-state index contributed by atoms with van der Waals surface area (Å²) in [7, 11) is 1.77. The quantitative estimate of drug-likeness (QED) is 0.189. The van der Waals surface area contributed by atoms with Crippen molar-refractivity contribution in [2.24, 2.45) is 0 Å². The topological polar surface area (TPSA) is 97.5 Å². The second-order valence-electron chi connectivity index (χ2n) is 11.5. The highest BCUT2D eigenvalue weighted by molar-refractivity contribution is 5.98. The number of methoxy groups -OCH3 is 1. The molecule has 0 unspecified atom stereocenters. The van der Waals surface area contributed by atoms with Crippen molar-refractivity contribution in [1.82, 2.24) is 24.6 Å². The second kappa shape index (κ2) is 12.5. The maximum Gasteiger partial charge on any atom is 0.230 e. The van der Waals surface area contributed by atoms with E-state index < -0.39 is 11.6 Å². The van der Waals surface area contributed by atoms with Crippen LogP contribution in [0.3, 0.4) is 0 Å². The average molecular weight is 594 g/mol. The summed E-state index contributed by atoms with van der Waals surface area (Å²) in [5.41, 5.74) is 5.43. The van der Waals surface area contributed by atoms with E-state index in [4.69, 9.17) is 19.7 Å². The van der Waals surface area contributed by atoms with Gasteiger partial charge < -0.3 is 15.0 Å². The fourth-order valence-corrected chi connectivity index (χ4v) is 5.75. The predicted octanol–water partition coefficient (Wildman–Crippen LogP) is 6.29. The lowest BCUT2D eigenvalue weighted by Gasteiger charge is -2.31. The normalized spacial score (nSPS) is 14.1. The van der Waals surface area contributed by atoms with Gasteiger partial charge in [0, 0.05) is 55.9 Å². The first kappa shape index (κ1) is 29.4. The number of piperidine rings is 1. The van der Waals surface area contributed by atoms with Crippen LogP contribution < -0.4 is 10.2 Å². The zero-order valence-corrected chi connectivity index (χ0v) is 25.3. The molecule has 44 heavy (non-hydrogen) atoms. The highest BCUT2D eigenvalue weighted by Gasteiger charge is 2.24. The van der Waals surface area contributed by atoms with E-state index in [9.17, 15) is 9.18 Å². The summed E-state index contributed by atoms with van der Waals surface area (Å²) in [6, 6.07) is 15.7. The summed E-state index contributed by atoms with van der Waals surface area (Å²) in [5.74, 6) is 0.0205. The number of rotatable bonds is 10. The molecule has 5 aromatic rings. The molecule has 10 heteroatoms. The molecule has 1 aliphatic rings. The summed E-state index contributed by atoms with van der Waals surface area (Å²) in [5, 5.41) is 10.1. The molecule has 0 aliphatic carbocycles. The van der Waals surface area contributed by atoms with E-state index in [1.165, 1.54) is 0 Å². The third-order valence-corrected chi connectivity index (χ3v) is 8.27. The van der Waals surface area contributed by atoms with E-state index in [1.807, 2.05) is 42.6 Å². The van der Waals surface area contributed by atoms with Gasteiger partial charge in [-0.25, -0.2) is 4.39 Å². The van der Waals surface area contributed by atoms with Crippen LogP contribution in [0.5, 0.6) is 0 Å². The predicted molar refractivity (Wildman–Crippen MR) is 171 cm³/mol. The molecule has 226 valence electrons. The van der Waals surface area contributed by atoms with Crippen molar-refractivity contribution in [3.8, 4) is 11.3 Å². The van der Waals surface area contributed by atoms with Crippen LogP contribution in [0.4, 0.5) is 16.3 Å². The SMILES string of the molecule is C=C(F)C(=O)Cc1ccc2c(-c3ccccc3CNc3nc(N4CCC(OC)CC4)nc4c(C(C)C)cnn34)nccc2c1. The number of carbonyl (C=O) groups excluding carboxylic acids is 1. The van der Waals surface area contributed by atoms with Crippen LogP contribution in [0.2, 0.25) is 0 Å². The number of ether oxygens (including phenoxy) is 1. The van der Waals surface area contributed by atoms with Crippen molar-refractivity contribution >= 4 is 34.1 Å². The summed E-state index contributed by atoms with van der Waals surface area (Å²) in [6.07, 6.45) is 5.72. The van der Waals surface area contributed by atoms with Gasteiger partial charge in [0.05, 0.1) is 18.0 Å². The molecule has 0 atom stereocenters. The highest BCUT2D eigenvalue weighted by Crippen LogP contribution is 2.31. The molecular formula is C34H36FN7O2. The standard InChI is InChI=1S/C34H36FN7O2/c1-21(2)29-20-38-42-32(29)39-34(41-15-12-26(44-4)13-16-41)40-33(42)37-19-25-7-5-6-8-27(25)31-28-10-9-23(18-30(43)22(3)35)17-24(28)11-14-36-31/h5-11,14,17,20-21,26H,3,12-13,15-16,18-19H2,1-2,4H3,(H,37,39,40). The van der Waals surface area contributed by atoms with E-state index >= 15 is 0 Å². The number of aromatic nitrogens is 5. The molecule has 9 nitrogen and oxygen atoms in total. The first-order valence-corrected chi connectivity index (χ1v) is 14.9. The van der Waals surface area contributed by atoms with Gasteiger partial charge in [-0.2, -0.15) is 19.6 Å². The lowest BCUT2D eigenvalue weighted by Crippen LogP contribution is -2.37. The van der Waals surface area contributed by atoms with Crippen molar-refractivity contribution in [2.75, 3.05) is 30.4 Å². The number of allylic oxidation sites excluding steroid dienone is 1.